The van der Waals surface area contributed by atoms with Gasteiger partial charge in [0.2, 0.25) is 0 Å². The molecule has 0 spiro atoms. The first kappa shape index (κ1) is 18.6. The average Bonchev–Trinajstić information content (AvgIpc) is 3.11. The number of nitrogens with zero attached hydrogens (tertiary/aromatic N) is 3. The summed E-state index contributed by atoms with van der Waals surface area (Å²) >= 11 is 5.99. The van der Waals surface area contributed by atoms with Crippen LogP contribution in [0.25, 0.3) is 0 Å². The third-order valence-electron chi connectivity index (χ3n) is 4.72. The molecule has 1 aliphatic heterocycles. The van der Waals surface area contributed by atoms with Gasteiger partial charge in [-0.2, -0.15) is 0 Å². The number of nitrogens with one attached hydrogen (secondary N) is 1. The number of halogens is 2. The summed E-state index contributed by atoms with van der Waals surface area (Å²) in [6, 6.07) is 12.2. The van der Waals surface area contributed by atoms with E-state index in [0.717, 1.165) is 5.56 Å². The number of hydrogen-bond acceptors (Lipinski definition) is 4. The second-order valence-electron chi connectivity index (χ2n) is 6.70. The van der Waals surface area contributed by atoms with E-state index in [2.05, 4.69) is 15.6 Å². The number of aryl methyl sites for hydroxylation is 1. The Morgan fingerprint density at radius 3 is 2.86 bits per heavy atom. The second-order valence-corrected chi connectivity index (χ2v) is 7.10. The van der Waals surface area contributed by atoms with Crippen molar-refractivity contribution in [3.05, 3.63) is 81.4 Å². The fourth-order valence-corrected chi connectivity index (χ4v) is 3.33. The van der Waals surface area contributed by atoms with Gasteiger partial charge in [-0.15, -0.1) is 5.10 Å². The highest BCUT2D eigenvalue weighted by atomic mass is 35.5. The molecule has 0 saturated heterocycles. The Balaban J connectivity index is 1.45. The number of ether oxygens (including phenoxy) is 1. The molecule has 1 atom stereocenters. The third kappa shape index (κ3) is 3.76. The molecule has 1 N–H and O–H groups in total. The van der Waals surface area contributed by atoms with Crippen LogP contribution in [-0.2, 0) is 24.4 Å². The maximum Gasteiger partial charge on any atom is 0.274 e. The Hall–Kier alpha value is -2.77. The van der Waals surface area contributed by atoms with Crippen LogP contribution in [0, 0.1) is 12.7 Å². The van der Waals surface area contributed by atoms with Crippen LogP contribution in [0.15, 0.2) is 42.5 Å². The molecular weight excluding hydrogens is 383 g/mol. The summed E-state index contributed by atoms with van der Waals surface area (Å²) in [5.74, 6) is -0.799. The summed E-state index contributed by atoms with van der Waals surface area (Å²) in [4.78, 5) is 12.5. The predicted octanol–water partition coefficient (Wildman–Crippen LogP) is 3.58. The molecule has 28 heavy (non-hydrogen) atoms. The zero-order chi connectivity index (χ0) is 19.7. The Bertz CT molecular complexity index is 1020. The van der Waals surface area contributed by atoms with E-state index >= 15 is 0 Å². The molecule has 4 rings (SSSR count). The van der Waals surface area contributed by atoms with Crippen LogP contribution in [-0.4, -0.2) is 20.9 Å². The predicted molar refractivity (Wildman–Crippen MR) is 101 cm³/mol. The van der Waals surface area contributed by atoms with Crippen molar-refractivity contribution in [2.75, 3.05) is 0 Å². The van der Waals surface area contributed by atoms with Crippen LogP contribution >= 0.6 is 11.6 Å². The number of benzene rings is 2. The Labute approximate surface area is 166 Å². The zero-order valence-electron chi connectivity index (χ0n) is 15.2. The van der Waals surface area contributed by atoms with Crippen LogP contribution in [0.1, 0.15) is 39.0 Å². The summed E-state index contributed by atoms with van der Waals surface area (Å²) in [7, 11) is 0. The zero-order valence-corrected chi connectivity index (χ0v) is 15.9. The van der Waals surface area contributed by atoms with E-state index < -0.39 is 5.82 Å². The van der Waals surface area contributed by atoms with Crippen LogP contribution in [0.5, 0.6) is 0 Å². The van der Waals surface area contributed by atoms with Gasteiger partial charge in [-0.1, -0.05) is 52.7 Å². The van der Waals surface area contributed by atoms with Gasteiger partial charge in [-0.05, 0) is 30.2 Å². The van der Waals surface area contributed by atoms with Crippen molar-refractivity contribution in [2.24, 2.45) is 0 Å². The van der Waals surface area contributed by atoms with Gasteiger partial charge in [-0.3, -0.25) is 4.79 Å². The molecule has 3 aromatic rings. The molecule has 0 saturated carbocycles. The summed E-state index contributed by atoms with van der Waals surface area (Å²) < 4.78 is 20.8. The van der Waals surface area contributed by atoms with Gasteiger partial charge in [0.25, 0.3) is 5.91 Å². The van der Waals surface area contributed by atoms with Crippen molar-refractivity contribution < 1.29 is 13.9 Å². The molecule has 1 aliphatic rings. The minimum atomic E-state index is -0.423. The molecule has 0 aliphatic carbocycles. The first-order chi connectivity index (χ1) is 13.5. The van der Waals surface area contributed by atoms with Gasteiger partial charge < -0.3 is 10.1 Å². The highest BCUT2D eigenvalue weighted by Gasteiger charge is 2.27. The molecule has 0 radical (unpaired) electrons. The SMILES string of the molecule is Cc1ccc([C@H]2Cn3nnc(C(=O)NCc4ccc(F)cc4Cl)c3CO2)cc1. The minimum absolute atomic E-state index is 0.135. The minimum Gasteiger partial charge on any atom is -0.365 e. The molecule has 144 valence electrons. The van der Waals surface area contributed by atoms with Crippen LogP contribution in [0.4, 0.5) is 4.39 Å². The van der Waals surface area contributed by atoms with Crippen molar-refractivity contribution in [1.82, 2.24) is 20.3 Å². The number of hydrogen-bond donors (Lipinski definition) is 1. The molecule has 1 amide bonds. The molecule has 2 aromatic carbocycles. The lowest BCUT2D eigenvalue weighted by Gasteiger charge is -2.24. The Kier molecular flexibility index (Phi) is 5.11. The molecule has 6 nitrogen and oxygen atoms in total. The Morgan fingerprint density at radius 2 is 2.11 bits per heavy atom. The van der Waals surface area contributed by atoms with Gasteiger partial charge in [0.05, 0.1) is 18.8 Å². The van der Waals surface area contributed by atoms with Crippen molar-refractivity contribution >= 4 is 17.5 Å². The van der Waals surface area contributed by atoms with Gasteiger partial charge in [0.1, 0.15) is 11.9 Å². The fraction of sp³-hybridized carbons (Fsp3) is 0.250. The van der Waals surface area contributed by atoms with Crippen LogP contribution in [0.2, 0.25) is 5.02 Å². The monoisotopic (exact) mass is 400 g/mol. The van der Waals surface area contributed by atoms with Crippen LogP contribution in [0.3, 0.4) is 0 Å². The lowest BCUT2D eigenvalue weighted by molar-refractivity contribution is -0.00177. The standard InChI is InChI=1S/C20H18ClFN4O2/c1-12-2-4-13(5-3-12)18-10-26-17(11-28-18)19(24-25-26)20(27)23-9-14-6-7-15(22)8-16(14)21/h2-8,18H,9-11H2,1H3,(H,23,27)/t18-/m1/s1. The second kappa shape index (κ2) is 7.69. The number of carbonyl (C=O) groups is 1. The highest BCUT2D eigenvalue weighted by Crippen LogP contribution is 2.27. The Morgan fingerprint density at radius 1 is 1.32 bits per heavy atom. The van der Waals surface area contributed by atoms with Gasteiger partial charge in [-0.25, -0.2) is 9.07 Å². The molecule has 1 aromatic heterocycles. The van der Waals surface area contributed by atoms with E-state index in [1.807, 2.05) is 31.2 Å². The van der Waals surface area contributed by atoms with E-state index in [-0.39, 0.29) is 35.9 Å². The van der Waals surface area contributed by atoms with Crippen molar-refractivity contribution in [3.8, 4) is 0 Å². The van der Waals surface area contributed by atoms with Crippen molar-refractivity contribution in [3.63, 3.8) is 0 Å². The molecular formula is C20H18ClFN4O2. The summed E-state index contributed by atoms with van der Waals surface area (Å²) in [5, 5.41) is 11.1. The summed E-state index contributed by atoms with van der Waals surface area (Å²) in [5.41, 5.74) is 3.71. The normalized spacial score (nSPS) is 15.9. The number of aromatic nitrogens is 3. The topological polar surface area (TPSA) is 69.0 Å². The fourth-order valence-electron chi connectivity index (χ4n) is 3.10. The number of amides is 1. The highest BCUT2D eigenvalue weighted by molar-refractivity contribution is 6.31. The number of rotatable bonds is 4. The van der Waals surface area contributed by atoms with Gasteiger partial charge in [0.15, 0.2) is 5.69 Å². The number of fused-ring (bicyclic) bond motifs is 1. The van der Waals surface area contributed by atoms with E-state index in [1.165, 1.54) is 23.8 Å². The summed E-state index contributed by atoms with van der Waals surface area (Å²) in [6.45, 7) is 2.93. The molecule has 8 heteroatoms. The maximum absolute atomic E-state index is 13.1. The van der Waals surface area contributed by atoms with Crippen LogP contribution < -0.4 is 5.32 Å². The molecule has 2 heterocycles. The average molecular weight is 401 g/mol. The summed E-state index contributed by atoms with van der Waals surface area (Å²) in [6.07, 6.45) is -0.135. The van der Waals surface area contributed by atoms with Gasteiger partial charge >= 0.3 is 0 Å². The maximum atomic E-state index is 13.1. The number of carbonyl (C=O) groups excluding carboxylic acids is 1. The van der Waals surface area contributed by atoms with E-state index in [1.54, 1.807) is 4.68 Å². The molecule has 0 fully saturated rings. The first-order valence-corrected chi connectivity index (χ1v) is 9.21. The van der Waals surface area contributed by atoms with Gasteiger partial charge in [0, 0.05) is 11.6 Å². The first-order valence-electron chi connectivity index (χ1n) is 8.84. The lowest BCUT2D eigenvalue weighted by Crippen LogP contribution is -2.27. The van der Waals surface area contributed by atoms with E-state index in [4.69, 9.17) is 16.3 Å². The van der Waals surface area contributed by atoms with E-state index in [0.29, 0.717) is 17.8 Å². The van der Waals surface area contributed by atoms with E-state index in [9.17, 15) is 9.18 Å². The molecule has 0 unspecified atom stereocenters. The third-order valence-corrected chi connectivity index (χ3v) is 5.07. The van der Waals surface area contributed by atoms with Crippen molar-refractivity contribution in [1.29, 1.82) is 0 Å². The smallest absolute Gasteiger partial charge is 0.274 e. The molecule has 0 bridgehead atoms. The largest absolute Gasteiger partial charge is 0.365 e. The van der Waals surface area contributed by atoms with Crippen molar-refractivity contribution in [2.45, 2.75) is 32.7 Å². The quantitative estimate of drug-likeness (QED) is 0.726. The lowest BCUT2D eigenvalue weighted by atomic mass is 10.1.